The van der Waals surface area contributed by atoms with Crippen molar-refractivity contribution in [3.05, 3.63) is 48.3 Å². The first kappa shape index (κ1) is 20.7. The largest absolute Gasteiger partial charge is 0.481 e. The zero-order valence-corrected chi connectivity index (χ0v) is 16.4. The summed E-state index contributed by atoms with van der Waals surface area (Å²) in [5.41, 5.74) is 0.928. The predicted octanol–water partition coefficient (Wildman–Crippen LogP) is 2.16. The molecule has 0 atom stereocenters. The molecule has 0 heterocycles. The lowest BCUT2D eigenvalue weighted by Gasteiger charge is -2.20. The van der Waals surface area contributed by atoms with Crippen LogP contribution in [0.25, 0.3) is 0 Å². The van der Waals surface area contributed by atoms with E-state index in [4.69, 9.17) is 4.74 Å². The summed E-state index contributed by atoms with van der Waals surface area (Å²) in [4.78, 5) is 14.0. The van der Waals surface area contributed by atoms with Gasteiger partial charge in [-0.05, 0) is 30.3 Å². The molecule has 27 heavy (non-hydrogen) atoms. The number of sulfonamides is 1. The fourth-order valence-corrected chi connectivity index (χ4v) is 3.20. The smallest absolute Gasteiger partial charge is 0.262 e. The number of rotatable bonds is 7. The molecule has 0 bridgehead atoms. The summed E-state index contributed by atoms with van der Waals surface area (Å²) in [5.74, 6) is -1.15. The number of hydrogen-bond donors (Lipinski definition) is 1. The van der Waals surface area contributed by atoms with E-state index >= 15 is 0 Å². The highest BCUT2D eigenvalue weighted by Crippen LogP contribution is 2.28. The molecule has 0 fully saturated rings. The zero-order chi connectivity index (χ0) is 20.2. The van der Waals surface area contributed by atoms with Crippen LogP contribution >= 0.6 is 0 Å². The minimum Gasteiger partial charge on any atom is -0.481 e. The van der Waals surface area contributed by atoms with Crippen molar-refractivity contribution in [3.63, 3.8) is 0 Å². The molecule has 0 aromatic heterocycles. The third kappa shape index (κ3) is 4.95. The van der Waals surface area contributed by atoms with Crippen LogP contribution in [0.1, 0.15) is 0 Å². The topological polar surface area (TPSA) is 79.0 Å². The molecule has 0 saturated heterocycles. The average molecular weight is 395 g/mol. The van der Waals surface area contributed by atoms with Crippen LogP contribution in [0.3, 0.4) is 0 Å². The van der Waals surface area contributed by atoms with Crippen LogP contribution < -0.4 is 15.0 Å². The normalized spacial score (nSPS) is 11.3. The Bertz CT molecular complexity index is 930. The lowest BCUT2D eigenvalue weighted by molar-refractivity contribution is -0.118. The average Bonchev–Trinajstić information content (AvgIpc) is 2.60. The SMILES string of the molecule is CN(C)c1ccc(S(=O)(=O)N(C)C)cc1NC(=O)COc1ccccc1F. The summed E-state index contributed by atoms with van der Waals surface area (Å²) in [6.45, 7) is -0.418. The second-order valence-electron chi connectivity index (χ2n) is 6.13. The molecule has 0 aliphatic carbocycles. The molecule has 0 saturated carbocycles. The van der Waals surface area contributed by atoms with E-state index in [2.05, 4.69) is 5.32 Å². The molecule has 1 N–H and O–H groups in total. The van der Waals surface area contributed by atoms with Gasteiger partial charge in [0.2, 0.25) is 10.0 Å². The summed E-state index contributed by atoms with van der Waals surface area (Å²) < 4.78 is 44.5. The minimum absolute atomic E-state index is 0.0376. The molecule has 7 nitrogen and oxygen atoms in total. The van der Waals surface area contributed by atoms with E-state index in [9.17, 15) is 17.6 Å². The first-order chi connectivity index (χ1) is 12.6. The fraction of sp³-hybridized carbons (Fsp3) is 0.278. The third-order valence-electron chi connectivity index (χ3n) is 3.70. The first-order valence-corrected chi connectivity index (χ1v) is 9.48. The van der Waals surface area contributed by atoms with Gasteiger partial charge in [0.25, 0.3) is 5.91 Å². The molecule has 0 unspecified atom stereocenters. The fourth-order valence-electron chi connectivity index (χ4n) is 2.27. The molecule has 0 aliphatic rings. The van der Waals surface area contributed by atoms with Gasteiger partial charge in [-0.25, -0.2) is 17.1 Å². The van der Waals surface area contributed by atoms with Crippen molar-refractivity contribution in [2.24, 2.45) is 0 Å². The standard InChI is InChI=1S/C18H22FN3O4S/c1-21(2)16-10-9-13(27(24,25)22(3)4)11-15(16)20-18(23)12-26-17-8-6-5-7-14(17)19/h5-11H,12H2,1-4H3,(H,20,23). The molecule has 0 spiro atoms. The van der Waals surface area contributed by atoms with Crippen molar-refractivity contribution in [2.75, 3.05) is 45.0 Å². The Kier molecular flexibility index (Phi) is 6.40. The van der Waals surface area contributed by atoms with E-state index in [0.29, 0.717) is 11.4 Å². The van der Waals surface area contributed by atoms with Crippen LogP contribution in [0.15, 0.2) is 47.4 Å². The van der Waals surface area contributed by atoms with Crippen molar-refractivity contribution in [3.8, 4) is 5.75 Å². The predicted molar refractivity (Wildman–Crippen MR) is 102 cm³/mol. The molecule has 0 radical (unpaired) electrons. The van der Waals surface area contributed by atoms with Gasteiger partial charge >= 0.3 is 0 Å². The number of nitrogens with one attached hydrogen (secondary N) is 1. The van der Waals surface area contributed by atoms with Gasteiger partial charge in [0, 0.05) is 28.2 Å². The molecular formula is C18H22FN3O4S. The van der Waals surface area contributed by atoms with Crippen LogP contribution in [0.2, 0.25) is 0 Å². The summed E-state index contributed by atoms with van der Waals surface area (Å²) in [6.07, 6.45) is 0. The van der Waals surface area contributed by atoms with Crippen LogP contribution in [-0.2, 0) is 14.8 Å². The monoisotopic (exact) mass is 395 g/mol. The van der Waals surface area contributed by atoms with Gasteiger partial charge in [-0.1, -0.05) is 12.1 Å². The summed E-state index contributed by atoms with van der Waals surface area (Å²) in [6, 6.07) is 10.2. The Labute approximate surface area is 158 Å². The highest BCUT2D eigenvalue weighted by molar-refractivity contribution is 7.89. The molecule has 2 aromatic carbocycles. The van der Waals surface area contributed by atoms with E-state index in [1.54, 1.807) is 31.1 Å². The Balaban J connectivity index is 2.22. The zero-order valence-electron chi connectivity index (χ0n) is 15.6. The Hall–Kier alpha value is -2.65. The maximum Gasteiger partial charge on any atom is 0.262 e. The van der Waals surface area contributed by atoms with Crippen molar-refractivity contribution in [1.82, 2.24) is 4.31 Å². The van der Waals surface area contributed by atoms with Crippen LogP contribution in [-0.4, -0.2) is 53.4 Å². The minimum atomic E-state index is -3.66. The van der Waals surface area contributed by atoms with Gasteiger partial charge in [0.1, 0.15) is 0 Å². The van der Waals surface area contributed by atoms with Crippen LogP contribution in [0.5, 0.6) is 5.75 Å². The second-order valence-corrected chi connectivity index (χ2v) is 8.28. The molecule has 2 aromatic rings. The highest BCUT2D eigenvalue weighted by Gasteiger charge is 2.20. The highest BCUT2D eigenvalue weighted by atomic mass is 32.2. The van der Waals surface area contributed by atoms with Crippen LogP contribution in [0, 0.1) is 5.82 Å². The van der Waals surface area contributed by atoms with E-state index in [0.717, 1.165) is 4.31 Å². The molecule has 9 heteroatoms. The number of amides is 1. The van der Waals surface area contributed by atoms with Gasteiger partial charge < -0.3 is 15.0 Å². The van der Waals surface area contributed by atoms with E-state index in [1.165, 1.54) is 44.4 Å². The number of carbonyl (C=O) groups excluding carboxylic acids is 1. The van der Waals surface area contributed by atoms with E-state index < -0.39 is 28.4 Å². The molecular weight excluding hydrogens is 373 g/mol. The second kappa shape index (κ2) is 8.36. The van der Waals surface area contributed by atoms with Crippen molar-refractivity contribution < 1.29 is 22.3 Å². The quantitative estimate of drug-likeness (QED) is 0.777. The van der Waals surface area contributed by atoms with Crippen LogP contribution in [0.4, 0.5) is 15.8 Å². The van der Waals surface area contributed by atoms with Gasteiger partial charge in [0.05, 0.1) is 16.3 Å². The van der Waals surface area contributed by atoms with E-state index in [-0.39, 0.29) is 10.6 Å². The molecule has 1 amide bonds. The number of para-hydroxylation sites is 1. The number of carbonyl (C=O) groups is 1. The van der Waals surface area contributed by atoms with Crippen molar-refractivity contribution in [2.45, 2.75) is 4.90 Å². The first-order valence-electron chi connectivity index (χ1n) is 8.04. The van der Waals surface area contributed by atoms with Gasteiger partial charge in [0.15, 0.2) is 18.2 Å². The molecule has 146 valence electrons. The Morgan fingerprint density at radius 2 is 1.78 bits per heavy atom. The lowest BCUT2D eigenvalue weighted by atomic mass is 10.2. The number of nitrogens with zero attached hydrogens (tertiary/aromatic N) is 2. The lowest BCUT2D eigenvalue weighted by Crippen LogP contribution is -2.24. The van der Waals surface area contributed by atoms with Gasteiger partial charge in [-0.2, -0.15) is 0 Å². The van der Waals surface area contributed by atoms with E-state index in [1.807, 2.05) is 0 Å². The van der Waals surface area contributed by atoms with Gasteiger partial charge in [-0.15, -0.1) is 0 Å². The number of ether oxygens (including phenoxy) is 1. The number of benzene rings is 2. The maximum absolute atomic E-state index is 13.6. The van der Waals surface area contributed by atoms with Crippen molar-refractivity contribution in [1.29, 1.82) is 0 Å². The van der Waals surface area contributed by atoms with Gasteiger partial charge in [-0.3, -0.25) is 4.79 Å². The third-order valence-corrected chi connectivity index (χ3v) is 5.51. The molecule has 2 rings (SSSR count). The summed E-state index contributed by atoms with van der Waals surface area (Å²) >= 11 is 0. The van der Waals surface area contributed by atoms with Crippen molar-refractivity contribution >= 4 is 27.3 Å². The summed E-state index contributed by atoms with van der Waals surface area (Å²) in [7, 11) is 2.73. The summed E-state index contributed by atoms with van der Waals surface area (Å²) in [5, 5.41) is 2.62. The number of hydrogen-bond acceptors (Lipinski definition) is 5. The number of halogens is 1. The molecule has 0 aliphatic heterocycles. The Morgan fingerprint density at radius 1 is 1.11 bits per heavy atom. The maximum atomic E-state index is 13.6. The number of anilines is 2. The Morgan fingerprint density at radius 3 is 2.37 bits per heavy atom.